The minimum atomic E-state index is -0.660. The summed E-state index contributed by atoms with van der Waals surface area (Å²) in [6.07, 6.45) is 0. The number of nitrogens with zero attached hydrogens (tertiary/aromatic N) is 2. The number of phenolic OH excluding ortho intramolecular Hbond substituents is 1. The number of esters is 1. The number of aromatic hydroxyl groups is 1. The highest BCUT2D eigenvalue weighted by Crippen LogP contribution is 2.25. The number of hydrogen-bond donors (Lipinski definition) is 2. The maximum absolute atomic E-state index is 11.9. The normalized spacial score (nSPS) is 10.7. The predicted molar refractivity (Wildman–Crippen MR) is 70.1 cm³/mol. The molecular weight excluding hydrogens is 246 g/mol. The van der Waals surface area contributed by atoms with Gasteiger partial charge in [0.15, 0.2) is 17.2 Å². The summed E-state index contributed by atoms with van der Waals surface area (Å²) in [5, 5.41) is 13.6. The minimum Gasteiger partial charge on any atom is -0.504 e. The Labute approximate surface area is 110 Å². The lowest BCUT2D eigenvalue weighted by atomic mass is 10.3. The number of aromatic nitrogens is 2. The van der Waals surface area contributed by atoms with E-state index in [1.807, 2.05) is 13.8 Å². The first-order valence-corrected chi connectivity index (χ1v) is 5.84. The second-order valence-corrected chi connectivity index (χ2v) is 4.35. The maximum Gasteiger partial charge on any atom is 0.364 e. The molecule has 0 aliphatic rings. The molecule has 6 nitrogen and oxygen atoms in total. The van der Waals surface area contributed by atoms with E-state index in [1.165, 1.54) is 22.9 Å². The van der Waals surface area contributed by atoms with Gasteiger partial charge in [-0.05, 0) is 26.0 Å². The monoisotopic (exact) mass is 261 g/mol. The van der Waals surface area contributed by atoms with E-state index in [1.54, 1.807) is 12.1 Å². The van der Waals surface area contributed by atoms with Gasteiger partial charge in [0.2, 0.25) is 0 Å². The van der Waals surface area contributed by atoms with Gasteiger partial charge in [0.05, 0.1) is 0 Å². The van der Waals surface area contributed by atoms with Crippen molar-refractivity contribution in [3.8, 4) is 11.5 Å². The van der Waals surface area contributed by atoms with Gasteiger partial charge in [-0.25, -0.2) is 9.48 Å². The van der Waals surface area contributed by atoms with E-state index < -0.39 is 5.97 Å². The maximum atomic E-state index is 11.9. The van der Waals surface area contributed by atoms with Gasteiger partial charge in [-0.2, -0.15) is 5.10 Å². The van der Waals surface area contributed by atoms with Gasteiger partial charge in [0.1, 0.15) is 5.82 Å². The number of nitrogen functional groups attached to an aromatic ring is 1. The molecule has 6 heteroatoms. The number of carbonyl (C=O) groups excluding carboxylic acids is 1. The molecule has 0 amide bonds. The summed E-state index contributed by atoms with van der Waals surface area (Å²) >= 11 is 0. The lowest BCUT2D eigenvalue weighted by molar-refractivity contribution is 0.0722. The Bertz CT molecular complexity index is 605. The largest absolute Gasteiger partial charge is 0.504 e. The van der Waals surface area contributed by atoms with Gasteiger partial charge >= 0.3 is 5.97 Å². The van der Waals surface area contributed by atoms with Crippen LogP contribution in [0.3, 0.4) is 0 Å². The third-order valence-electron chi connectivity index (χ3n) is 2.53. The molecule has 0 unspecified atom stereocenters. The van der Waals surface area contributed by atoms with Crippen LogP contribution >= 0.6 is 0 Å². The SMILES string of the molecule is CC(C)n1nc(C(=O)Oc2ccccc2O)cc1N. The van der Waals surface area contributed by atoms with Crippen molar-refractivity contribution in [3.05, 3.63) is 36.0 Å². The third kappa shape index (κ3) is 2.67. The summed E-state index contributed by atoms with van der Waals surface area (Å²) in [7, 11) is 0. The van der Waals surface area contributed by atoms with Crippen LogP contribution in [0.4, 0.5) is 5.82 Å². The highest BCUT2D eigenvalue weighted by molar-refractivity contribution is 5.90. The first-order valence-electron chi connectivity index (χ1n) is 5.84. The lowest BCUT2D eigenvalue weighted by Gasteiger charge is -2.06. The molecule has 19 heavy (non-hydrogen) atoms. The number of phenols is 1. The van der Waals surface area contributed by atoms with Crippen LogP contribution in [0.15, 0.2) is 30.3 Å². The Morgan fingerprint density at radius 1 is 1.42 bits per heavy atom. The van der Waals surface area contributed by atoms with Gasteiger partial charge in [-0.15, -0.1) is 0 Å². The molecule has 3 N–H and O–H groups in total. The number of nitrogens with two attached hydrogens (primary N) is 1. The number of para-hydroxylation sites is 2. The number of hydrogen-bond acceptors (Lipinski definition) is 5. The molecule has 2 aromatic rings. The van der Waals surface area contributed by atoms with Gasteiger partial charge < -0.3 is 15.6 Å². The van der Waals surface area contributed by atoms with Crippen molar-refractivity contribution in [2.45, 2.75) is 19.9 Å². The van der Waals surface area contributed by atoms with Gasteiger partial charge in [0, 0.05) is 12.1 Å². The van der Waals surface area contributed by atoms with Crippen LogP contribution in [-0.2, 0) is 0 Å². The molecule has 1 heterocycles. The van der Waals surface area contributed by atoms with Crippen molar-refractivity contribution in [3.63, 3.8) is 0 Å². The average Bonchev–Trinajstić information content (AvgIpc) is 2.74. The summed E-state index contributed by atoms with van der Waals surface area (Å²) in [5.74, 6) is -0.288. The van der Waals surface area contributed by atoms with E-state index in [-0.39, 0.29) is 23.2 Å². The fourth-order valence-corrected chi connectivity index (χ4v) is 1.62. The van der Waals surface area contributed by atoms with E-state index in [2.05, 4.69) is 5.10 Å². The van der Waals surface area contributed by atoms with Crippen molar-refractivity contribution >= 4 is 11.8 Å². The van der Waals surface area contributed by atoms with Crippen molar-refractivity contribution in [1.29, 1.82) is 0 Å². The highest BCUT2D eigenvalue weighted by atomic mass is 16.5. The zero-order chi connectivity index (χ0) is 14.0. The molecular formula is C13H15N3O3. The molecule has 0 spiro atoms. The van der Waals surface area contributed by atoms with Gasteiger partial charge in [-0.3, -0.25) is 0 Å². The Morgan fingerprint density at radius 2 is 2.11 bits per heavy atom. The van der Waals surface area contributed by atoms with Crippen molar-refractivity contribution in [2.75, 3.05) is 5.73 Å². The Hall–Kier alpha value is -2.50. The molecule has 2 rings (SSSR count). The standard InChI is InChI=1S/C13H15N3O3/c1-8(2)16-12(14)7-9(15-16)13(18)19-11-6-4-3-5-10(11)17/h3-8,17H,14H2,1-2H3. The number of ether oxygens (including phenoxy) is 1. The fourth-order valence-electron chi connectivity index (χ4n) is 1.62. The molecule has 1 aromatic carbocycles. The van der Waals surface area contributed by atoms with Crippen LogP contribution in [0, 0.1) is 0 Å². The molecule has 0 aliphatic carbocycles. The van der Waals surface area contributed by atoms with E-state index in [4.69, 9.17) is 10.5 Å². The number of anilines is 1. The molecule has 0 radical (unpaired) electrons. The highest BCUT2D eigenvalue weighted by Gasteiger charge is 2.17. The van der Waals surface area contributed by atoms with Gasteiger partial charge in [0.25, 0.3) is 0 Å². The molecule has 0 atom stereocenters. The first-order chi connectivity index (χ1) is 8.99. The van der Waals surface area contributed by atoms with E-state index >= 15 is 0 Å². The molecule has 1 aromatic heterocycles. The number of carbonyl (C=O) groups is 1. The number of benzene rings is 1. The predicted octanol–water partition coefficient (Wildman–Crippen LogP) is 1.97. The summed E-state index contributed by atoms with van der Waals surface area (Å²) in [6, 6.07) is 7.72. The molecule has 0 bridgehead atoms. The number of rotatable bonds is 3. The van der Waals surface area contributed by atoms with E-state index in [9.17, 15) is 9.90 Å². The van der Waals surface area contributed by atoms with Crippen LogP contribution in [0.5, 0.6) is 11.5 Å². The second-order valence-electron chi connectivity index (χ2n) is 4.35. The zero-order valence-electron chi connectivity index (χ0n) is 10.7. The molecule has 0 aliphatic heterocycles. The first kappa shape index (κ1) is 12.9. The van der Waals surface area contributed by atoms with E-state index in [0.29, 0.717) is 5.82 Å². The van der Waals surface area contributed by atoms with Gasteiger partial charge in [-0.1, -0.05) is 12.1 Å². The topological polar surface area (TPSA) is 90.4 Å². The molecule has 0 fully saturated rings. The smallest absolute Gasteiger partial charge is 0.364 e. The Balaban J connectivity index is 2.21. The molecule has 0 saturated carbocycles. The summed E-state index contributed by atoms with van der Waals surface area (Å²) in [6.45, 7) is 3.81. The lowest BCUT2D eigenvalue weighted by Crippen LogP contribution is -2.11. The fraction of sp³-hybridized carbons (Fsp3) is 0.231. The Kier molecular flexibility index (Phi) is 3.41. The van der Waals surface area contributed by atoms with Crippen molar-refractivity contribution in [1.82, 2.24) is 9.78 Å². The molecule has 100 valence electrons. The summed E-state index contributed by atoms with van der Waals surface area (Å²) in [5.41, 5.74) is 5.85. The quantitative estimate of drug-likeness (QED) is 0.651. The van der Waals surface area contributed by atoms with Crippen LogP contribution in [0.1, 0.15) is 30.4 Å². The van der Waals surface area contributed by atoms with Crippen LogP contribution in [0.2, 0.25) is 0 Å². The zero-order valence-corrected chi connectivity index (χ0v) is 10.7. The summed E-state index contributed by atoms with van der Waals surface area (Å²) < 4.78 is 6.59. The summed E-state index contributed by atoms with van der Waals surface area (Å²) in [4.78, 5) is 11.9. The van der Waals surface area contributed by atoms with Crippen molar-refractivity contribution in [2.24, 2.45) is 0 Å². The second kappa shape index (κ2) is 5.01. The van der Waals surface area contributed by atoms with Crippen LogP contribution < -0.4 is 10.5 Å². The van der Waals surface area contributed by atoms with Crippen LogP contribution in [-0.4, -0.2) is 20.9 Å². The van der Waals surface area contributed by atoms with E-state index in [0.717, 1.165) is 0 Å². The molecule has 0 saturated heterocycles. The average molecular weight is 261 g/mol. The van der Waals surface area contributed by atoms with Crippen molar-refractivity contribution < 1.29 is 14.6 Å². The third-order valence-corrected chi connectivity index (χ3v) is 2.53. The Morgan fingerprint density at radius 3 is 2.68 bits per heavy atom. The van der Waals surface area contributed by atoms with Crippen LogP contribution in [0.25, 0.3) is 0 Å². The minimum absolute atomic E-state index is 0.0479.